The number of ketones is 1. The minimum Gasteiger partial charge on any atom is -0.489 e. The van der Waals surface area contributed by atoms with E-state index in [0.29, 0.717) is 40.6 Å². The van der Waals surface area contributed by atoms with E-state index in [1.807, 2.05) is 54.6 Å². The zero-order valence-electron chi connectivity index (χ0n) is 19.5. The third-order valence-corrected chi connectivity index (χ3v) is 6.35. The lowest BCUT2D eigenvalue weighted by Crippen LogP contribution is -2.32. The van der Waals surface area contributed by atoms with E-state index in [-0.39, 0.29) is 17.7 Å². The van der Waals surface area contributed by atoms with Gasteiger partial charge in [-0.15, -0.1) is 0 Å². The fourth-order valence-corrected chi connectivity index (χ4v) is 4.42. The molecule has 178 valence electrons. The van der Waals surface area contributed by atoms with Crippen LogP contribution < -0.4 is 10.1 Å². The van der Waals surface area contributed by atoms with Gasteiger partial charge in [-0.1, -0.05) is 48.3 Å². The van der Waals surface area contributed by atoms with E-state index in [4.69, 9.17) is 9.26 Å². The molecule has 0 saturated heterocycles. The molecule has 35 heavy (non-hydrogen) atoms. The first kappa shape index (κ1) is 22.7. The van der Waals surface area contributed by atoms with Crippen LogP contribution in [0.1, 0.15) is 63.4 Å². The molecule has 2 aromatic heterocycles. The average molecular weight is 470 g/mol. The fraction of sp³-hybridized carbons (Fsp3) is 0.250. The molecule has 0 spiro atoms. The number of carbonyl (C=O) groups excluding carboxylic acids is 2. The van der Waals surface area contributed by atoms with Crippen LogP contribution in [0.5, 0.6) is 5.75 Å². The third-order valence-electron chi connectivity index (χ3n) is 6.35. The van der Waals surface area contributed by atoms with Crippen LogP contribution in [0.2, 0.25) is 0 Å². The Morgan fingerprint density at radius 3 is 2.57 bits per heavy atom. The maximum atomic E-state index is 13.4. The number of H-pyrrole nitrogens is 1. The second-order valence-electron chi connectivity index (χ2n) is 8.85. The molecule has 1 fully saturated rings. The number of hydrogen-bond donors (Lipinski definition) is 2. The van der Waals surface area contributed by atoms with Gasteiger partial charge in [0.25, 0.3) is 5.91 Å². The van der Waals surface area contributed by atoms with E-state index < -0.39 is 0 Å². The molecule has 1 aliphatic rings. The van der Waals surface area contributed by atoms with Gasteiger partial charge >= 0.3 is 0 Å². The third kappa shape index (κ3) is 5.04. The lowest BCUT2D eigenvalue weighted by Gasteiger charge is -2.10. The van der Waals surface area contributed by atoms with Gasteiger partial charge < -0.3 is 19.6 Å². The second kappa shape index (κ2) is 10.0. The molecular formula is C28H27N3O4. The number of nitrogens with one attached hydrogen (secondary N) is 2. The minimum absolute atomic E-state index is 0.190. The Labute approximate surface area is 203 Å². The zero-order valence-corrected chi connectivity index (χ0v) is 19.5. The Morgan fingerprint density at radius 1 is 1.09 bits per heavy atom. The number of aromatic nitrogens is 2. The molecule has 2 heterocycles. The molecule has 1 saturated carbocycles. The molecule has 0 unspecified atom stereocenters. The van der Waals surface area contributed by atoms with Gasteiger partial charge in [0, 0.05) is 23.4 Å². The fourth-order valence-electron chi connectivity index (χ4n) is 4.42. The predicted octanol–water partition coefficient (Wildman–Crippen LogP) is 5.46. The highest BCUT2D eigenvalue weighted by Crippen LogP contribution is 2.29. The number of rotatable bonds is 8. The van der Waals surface area contributed by atoms with Crippen LogP contribution in [0.15, 0.2) is 71.4 Å². The molecule has 1 aliphatic carbocycles. The lowest BCUT2D eigenvalue weighted by molar-refractivity contribution is 0.0933. The summed E-state index contributed by atoms with van der Waals surface area (Å²) in [5, 5.41) is 7.17. The van der Waals surface area contributed by atoms with Gasteiger partial charge in [0.1, 0.15) is 29.5 Å². The summed E-state index contributed by atoms with van der Waals surface area (Å²) in [6.07, 6.45) is 5.82. The zero-order chi connectivity index (χ0) is 24.2. The molecule has 7 nitrogen and oxygen atoms in total. The molecular weight excluding hydrogens is 442 g/mol. The molecule has 4 aromatic rings. The number of amides is 1. The quantitative estimate of drug-likeness (QED) is 0.334. The molecule has 0 aliphatic heterocycles. The van der Waals surface area contributed by atoms with Crippen molar-refractivity contribution in [2.45, 2.75) is 45.3 Å². The highest BCUT2D eigenvalue weighted by atomic mass is 16.5. The molecule has 1 amide bonds. The molecule has 5 rings (SSSR count). The monoisotopic (exact) mass is 469 g/mol. The Hall–Kier alpha value is -4.13. The highest BCUT2D eigenvalue weighted by Gasteiger charge is 2.25. The van der Waals surface area contributed by atoms with Crippen LogP contribution in [0.25, 0.3) is 11.3 Å². The van der Waals surface area contributed by atoms with E-state index in [1.54, 1.807) is 19.2 Å². The van der Waals surface area contributed by atoms with Crippen LogP contribution >= 0.6 is 0 Å². The summed E-state index contributed by atoms with van der Waals surface area (Å²) in [5.74, 6) is 0.699. The lowest BCUT2D eigenvalue weighted by atomic mass is 9.99. The Balaban J connectivity index is 1.30. The summed E-state index contributed by atoms with van der Waals surface area (Å²) >= 11 is 0. The van der Waals surface area contributed by atoms with Crippen LogP contribution in [0, 0.1) is 6.92 Å². The van der Waals surface area contributed by atoms with E-state index in [0.717, 1.165) is 36.8 Å². The van der Waals surface area contributed by atoms with Crippen LogP contribution in [0.3, 0.4) is 0 Å². The van der Waals surface area contributed by atoms with Gasteiger partial charge in [0.05, 0.1) is 5.56 Å². The van der Waals surface area contributed by atoms with Crippen molar-refractivity contribution in [2.75, 3.05) is 0 Å². The molecule has 2 N–H and O–H groups in total. The maximum absolute atomic E-state index is 13.4. The highest BCUT2D eigenvalue weighted by molar-refractivity contribution is 6.13. The van der Waals surface area contributed by atoms with Crippen molar-refractivity contribution in [1.82, 2.24) is 15.5 Å². The van der Waals surface area contributed by atoms with Gasteiger partial charge in [-0.05, 0) is 55.7 Å². The number of ether oxygens (including phenoxy) is 1. The van der Waals surface area contributed by atoms with Crippen molar-refractivity contribution in [3.8, 4) is 17.0 Å². The van der Waals surface area contributed by atoms with Crippen LogP contribution in [-0.2, 0) is 6.61 Å². The first-order valence-electron chi connectivity index (χ1n) is 11.9. The number of carbonyl (C=O) groups is 2. The topological polar surface area (TPSA) is 97.2 Å². The summed E-state index contributed by atoms with van der Waals surface area (Å²) in [5.41, 5.74) is 3.42. The Kier molecular flexibility index (Phi) is 6.48. The van der Waals surface area contributed by atoms with Crippen molar-refractivity contribution in [3.05, 3.63) is 95.0 Å². The number of aryl methyl sites for hydroxylation is 1. The van der Waals surface area contributed by atoms with Crippen molar-refractivity contribution in [3.63, 3.8) is 0 Å². The van der Waals surface area contributed by atoms with Crippen molar-refractivity contribution < 1.29 is 18.8 Å². The summed E-state index contributed by atoms with van der Waals surface area (Å²) in [7, 11) is 0. The standard InChI is InChI=1S/C28H27N3O4/c1-18-25(27(32)21-15-24(29-16-21)28(33)30-22-9-5-6-10-22)26(31-35-18)20-11-13-23(14-12-20)34-17-19-7-3-2-4-8-19/h2-4,7-8,11-16,22,29H,5-6,9-10,17H2,1H3,(H,30,33). The predicted molar refractivity (Wildman–Crippen MR) is 131 cm³/mol. The maximum Gasteiger partial charge on any atom is 0.267 e. The van der Waals surface area contributed by atoms with E-state index in [1.165, 1.54) is 0 Å². The Morgan fingerprint density at radius 2 is 1.83 bits per heavy atom. The number of nitrogens with zero attached hydrogens (tertiary/aromatic N) is 1. The van der Waals surface area contributed by atoms with E-state index in [9.17, 15) is 9.59 Å². The van der Waals surface area contributed by atoms with Crippen LogP contribution in [-0.4, -0.2) is 27.9 Å². The second-order valence-corrected chi connectivity index (χ2v) is 8.85. The van der Waals surface area contributed by atoms with Crippen molar-refractivity contribution >= 4 is 11.7 Å². The SMILES string of the molecule is Cc1onc(-c2ccc(OCc3ccccc3)cc2)c1C(=O)c1c[nH]c(C(=O)NC2CCCC2)c1. The normalized spacial score (nSPS) is 13.6. The van der Waals surface area contributed by atoms with Crippen molar-refractivity contribution in [1.29, 1.82) is 0 Å². The average Bonchev–Trinajstić information content (AvgIpc) is 3.65. The van der Waals surface area contributed by atoms with E-state index in [2.05, 4.69) is 15.5 Å². The van der Waals surface area contributed by atoms with E-state index >= 15 is 0 Å². The summed E-state index contributed by atoms with van der Waals surface area (Å²) in [6, 6.07) is 19.1. The largest absolute Gasteiger partial charge is 0.489 e. The molecule has 0 radical (unpaired) electrons. The minimum atomic E-state index is -0.251. The molecule has 7 heteroatoms. The first-order valence-corrected chi connectivity index (χ1v) is 11.9. The first-order chi connectivity index (χ1) is 17.1. The number of aromatic amines is 1. The molecule has 0 atom stereocenters. The smallest absolute Gasteiger partial charge is 0.267 e. The Bertz CT molecular complexity index is 1320. The van der Waals surface area contributed by atoms with Gasteiger partial charge in [0.2, 0.25) is 0 Å². The van der Waals surface area contributed by atoms with Gasteiger partial charge in [0.15, 0.2) is 5.78 Å². The van der Waals surface area contributed by atoms with Gasteiger partial charge in [-0.25, -0.2) is 0 Å². The molecule has 0 bridgehead atoms. The number of benzene rings is 2. The number of hydrogen-bond acceptors (Lipinski definition) is 5. The summed E-state index contributed by atoms with van der Waals surface area (Å²) < 4.78 is 11.2. The molecule has 2 aromatic carbocycles. The summed E-state index contributed by atoms with van der Waals surface area (Å²) in [6.45, 7) is 2.18. The van der Waals surface area contributed by atoms with Crippen LogP contribution in [0.4, 0.5) is 0 Å². The van der Waals surface area contributed by atoms with Crippen molar-refractivity contribution in [2.24, 2.45) is 0 Å². The van der Waals surface area contributed by atoms with Gasteiger partial charge in [-0.2, -0.15) is 0 Å². The summed E-state index contributed by atoms with van der Waals surface area (Å²) in [4.78, 5) is 28.8. The van der Waals surface area contributed by atoms with Gasteiger partial charge in [-0.3, -0.25) is 9.59 Å².